The molecule has 21 heavy (non-hydrogen) atoms. The van der Waals surface area contributed by atoms with Gasteiger partial charge in [0.2, 0.25) is 0 Å². The highest BCUT2D eigenvalue weighted by atomic mass is 35.5. The molecule has 1 aromatic carbocycles. The third-order valence-electron chi connectivity index (χ3n) is 3.94. The molecule has 1 atom stereocenters. The maximum absolute atomic E-state index is 12.7. The first-order valence-corrected chi connectivity index (χ1v) is 7.86. The predicted octanol–water partition coefficient (Wildman–Crippen LogP) is 3.28. The zero-order chi connectivity index (χ0) is 14.4. The molecule has 0 aromatic heterocycles. The number of amides is 1. The van der Waals surface area contributed by atoms with Gasteiger partial charge in [0.1, 0.15) is 0 Å². The van der Waals surface area contributed by atoms with Crippen molar-refractivity contribution in [2.75, 3.05) is 19.6 Å². The van der Waals surface area contributed by atoms with Gasteiger partial charge in [-0.2, -0.15) is 0 Å². The van der Waals surface area contributed by atoms with Crippen molar-refractivity contribution in [2.24, 2.45) is 0 Å². The number of rotatable bonds is 6. The van der Waals surface area contributed by atoms with Crippen LogP contribution in [-0.4, -0.2) is 36.5 Å². The minimum absolute atomic E-state index is 0. The van der Waals surface area contributed by atoms with Crippen LogP contribution in [0.4, 0.5) is 0 Å². The predicted molar refractivity (Wildman–Crippen MR) is 90.3 cm³/mol. The van der Waals surface area contributed by atoms with Gasteiger partial charge < -0.3 is 10.2 Å². The first-order valence-electron chi connectivity index (χ1n) is 7.86. The maximum atomic E-state index is 12.7. The van der Waals surface area contributed by atoms with E-state index in [0.29, 0.717) is 6.04 Å². The normalized spacial score (nSPS) is 17.3. The van der Waals surface area contributed by atoms with E-state index >= 15 is 0 Å². The second-order valence-corrected chi connectivity index (χ2v) is 5.59. The molecule has 0 spiro atoms. The zero-order valence-electron chi connectivity index (χ0n) is 13.1. The smallest absolute Gasteiger partial charge is 0.254 e. The fraction of sp³-hybridized carbons (Fsp3) is 0.588. The summed E-state index contributed by atoms with van der Waals surface area (Å²) in [6, 6.07) is 8.51. The molecule has 0 saturated carbocycles. The number of hydrogen-bond donors (Lipinski definition) is 1. The molecule has 1 heterocycles. The maximum Gasteiger partial charge on any atom is 0.254 e. The van der Waals surface area contributed by atoms with Crippen molar-refractivity contribution >= 4 is 18.3 Å². The second-order valence-electron chi connectivity index (χ2n) is 5.59. The molecular formula is C17H27ClN2O. The van der Waals surface area contributed by atoms with Crippen LogP contribution in [0.15, 0.2) is 24.3 Å². The summed E-state index contributed by atoms with van der Waals surface area (Å²) in [5.41, 5.74) is 2.14. The van der Waals surface area contributed by atoms with Gasteiger partial charge in [-0.15, -0.1) is 12.4 Å². The van der Waals surface area contributed by atoms with Gasteiger partial charge in [-0.3, -0.25) is 4.79 Å². The van der Waals surface area contributed by atoms with Gasteiger partial charge in [0.25, 0.3) is 5.91 Å². The van der Waals surface area contributed by atoms with Crippen molar-refractivity contribution in [1.82, 2.24) is 10.2 Å². The highest BCUT2D eigenvalue weighted by molar-refractivity contribution is 5.94. The lowest BCUT2D eigenvalue weighted by atomic mass is 10.1. The van der Waals surface area contributed by atoms with E-state index < -0.39 is 0 Å². The molecule has 1 fully saturated rings. The highest BCUT2D eigenvalue weighted by Crippen LogP contribution is 2.15. The molecule has 0 aliphatic carbocycles. The third-order valence-corrected chi connectivity index (χ3v) is 3.94. The minimum Gasteiger partial charge on any atom is -0.334 e. The summed E-state index contributed by atoms with van der Waals surface area (Å²) in [5, 5.41) is 3.35. The van der Waals surface area contributed by atoms with Crippen LogP contribution < -0.4 is 5.32 Å². The van der Waals surface area contributed by atoms with Gasteiger partial charge in [-0.1, -0.05) is 32.4 Å². The van der Waals surface area contributed by atoms with E-state index in [9.17, 15) is 4.79 Å². The molecule has 1 aliphatic heterocycles. The quantitative estimate of drug-likeness (QED) is 0.874. The van der Waals surface area contributed by atoms with Crippen LogP contribution in [0.5, 0.6) is 0 Å². The Bertz CT molecular complexity index is 427. The summed E-state index contributed by atoms with van der Waals surface area (Å²) in [5.74, 6) is 0.184. The molecule has 1 unspecified atom stereocenters. The Morgan fingerprint density at radius 3 is 2.48 bits per heavy atom. The van der Waals surface area contributed by atoms with Crippen LogP contribution in [0, 0.1) is 0 Å². The second kappa shape index (κ2) is 9.06. The van der Waals surface area contributed by atoms with Crippen LogP contribution in [0.3, 0.4) is 0 Å². The van der Waals surface area contributed by atoms with E-state index in [1.54, 1.807) is 0 Å². The van der Waals surface area contributed by atoms with Crippen molar-refractivity contribution in [2.45, 2.75) is 45.6 Å². The molecular weight excluding hydrogens is 284 g/mol. The molecule has 1 N–H and O–H groups in total. The van der Waals surface area contributed by atoms with Crippen molar-refractivity contribution in [3.05, 3.63) is 35.4 Å². The average Bonchev–Trinajstić information content (AvgIpc) is 2.99. The third kappa shape index (κ3) is 4.72. The molecule has 3 nitrogen and oxygen atoms in total. The van der Waals surface area contributed by atoms with Gasteiger partial charge in [-0.05, 0) is 43.5 Å². The summed E-state index contributed by atoms with van der Waals surface area (Å²) in [6.45, 7) is 7.11. The Hall–Kier alpha value is -1.06. The van der Waals surface area contributed by atoms with Gasteiger partial charge >= 0.3 is 0 Å². The summed E-state index contributed by atoms with van der Waals surface area (Å²) >= 11 is 0. The largest absolute Gasteiger partial charge is 0.334 e. The van der Waals surface area contributed by atoms with Crippen molar-refractivity contribution in [3.63, 3.8) is 0 Å². The standard InChI is InChI=1S/C17H26N2O.ClH/c1-3-5-14-6-8-15(9-7-14)17(20)19(12-4-2)16-10-11-18-13-16;/h6-9,16,18H,3-5,10-13H2,1-2H3;1H. The molecule has 1 amide bonds. The molecule has 118 valence electrons. The van der Waals surface area contributed by atoms with Crippen LogP contribution in [-0.2, 0) is 6.42 Å². The van der Waals surface area contributed by atoms with E-state index in [1.807, 2.05) is 12.1 Å². The molecule has 1 aliphatic rings. The first kappa shape index (κ1) is 18.0. The number of nitrogens with zero attached hydrogens (tertiary/aromatic N) is 1. The SMILES string of the molecule is CCCc1ccc(C(=O)N(CCC)C2CCNC2)cc1.Cl. The minimum atomic E-state index is 0. The monoisotopic (exact) mass is 310 g/mol. The van der Waals surface area contributed by atoms with E-state index in [0.717, 1.165) is 50.9 Å². The fourth-order valence-electron chi connectivity index (χ4n) is 2.86. The van der Waals surface area contributed by atoms with Crippen LogP contribution in [0.1, 0.15) is 49.0 Å². The molecule has 1 saturated heterocycles. The fourth-order valence-corrected chi connectivity index (χ4v) is 2.86. The van der Waals surface area contributed by atoms with Gasteiger partial charge in [0.05, 0.1) is 0 Å². The summed E-state index contributed by atoms with van der Waals surface area (Å²) < 4.78 is 0. The van der Waals surface area contributed by atoms with Gasteiger partial charge in [-0.25, -0.2) is 0 Å². The topological polar surface area (TPSA) is 32.3 Å². The Morgan fingerprint density at radius 1 is 1.24 bits per heavy atom. The van der Waals surface area contributed by atoms with E-state index in [1.165, 1.54) is 5.56 Å². The number of benzene rings is 1. The number of hydrogen-bond acceptors (Lipinski definition) is 2. The van der Waals surface area contributed by atoms with Crippen LogP contribution in [0.2, 0.25) is 0 Å². The Kier molecular flexibility index (Phi) is 7.76. The van der Waals surface area contributed by atoms with Crippen LogP contribution in [0.25, 0.3) is 0 Å². The van der Waals surface area contributed by atoms with E-state index in [-0.39, 0.29) is 18.3 Å². The van der Waals surface area contributed by atoms with Gasteiger partial charge in [0.15, 0.2) is 0 Å². The van der Waals surface area contributed by atoms with Crippen molar-refractivity contribution in [1.29, 1.82) is 0 Å². The lowest BCUT2D eigenvalue weighted by Gasteiger charge is -2.28. The van der Waals surface area contributed by atoms with Crippen LogP contribution >= 0.6 is 12.4 Å². The highest BCUT2D eigenvalue weighted by Gasteiger charge is 2.26. The lowest BCUT2D eigenvalue weighted by Crippen LogP contribution is -2.42. The Morgan fingerprint density at radius 2 is 1.95 bits per heavy atom. The number of carbonyl (C=O) groups is 1. The zero-order valence-corrected chi connectivity index (χ0v) is 13.9. The van der Waals surface area contributed by atoms with E-state index in [4.69, 9.17) is 0 Å². The Balaban J connectivity index is 0.00000220. The number of aryl methyl sites for hydroxylation is 1. The molecule has 1 aromatic rings. The number of nitrogens with one attached hydrogen (secondary N) is 1. The number of carbonyl (C=O) groups excluding carboxylic acids is 1. The lowest BCUT2D eigenvalue weighted by molar-refractivity contribution is 0.0692. The summed E-state index contributed by atoms with van der Waals surface area (Å²) in [6.07, 6.45) is 4.30. The molecule has 2 rings (SSSR count). The molecule has 4 heteroatoms. The summed E-state index contributed by atoms with van der Waals surface area (Å²) in [7, 11) is 0. The van der Waals surface area contributed by atoms with Crippen molar-refractivity contribution < 1.29 is 4.79 Å². The van der Waals surface area contributed by atoms with Crippen molar-refractivity contribution in [3.8, 4) is 0 Å². The number of halogens is 1. The van der Waals surface area contributed by atoms with E-state index in [2.05, 4.69) is 36.2 Å². The molecule has 0 bridgehead atoms. The molecule has 0 radical (unpaired) electrons. The summed E-state index contributed by atoms with van der Waals surface area (Å²) in [4.78, 5) is 14.7. The van der Waals surface area contributed by atoms with Gasteiger partial charge in [0, 0.05) is 24.7 Å². The average molecular weight is 311 g/mol. The first-order chi connectivity index (χ1) is 9.76. The Labute approximate surface area is 134 Å².